The fraction of sp³-hybridized carbons (Fsp3) is 0.227. The molecule has 0 aliphatic carbocycles. The summed E-state index contributed by atoms with van der Waals surface area (Å²) >= 11 is 6.21. The van der Waals surface area contributed by atoms with E-state index in [2.05, 4.69) is 20.6 Å². The third-order valence-electron chi connectivity index (χ3n) is 5.76. The van der Waals surface area contributed by atoms with Gasteiger partial charge in [-0.3, -0.25) is 19.5 Å². The number of carbonyl (C=O) groups is 2. The molecular weight excluding hydrogens is 478 g/mol. The van der Waals surface area contributed by atoms with E-state index < -0.39 is 23.5 Å². The van der Waals surface area contributed by atoms with Crippen LogP contribution in [0.3, 0.4) is 0 Å². The van der Waals surface area contributed by atoms with Crippen molar-refractivity contribution in [3.05, 3.63) is 53.9 Å². The number of ether oxygens (including phenoxy) is 1. The molecule has 1 aliphatic rings. The summed E-state index contributed by atoms with van der Waals surface area (Å²) in [6.45, 7) is 1.65. The lowest BCUT2D eigenvalue weighted by atomic mass is 9.94. The number of morpholine rings is 1. The van der Waals surface area contributed by atoms with Gasteiger partial charge >= 0.3 is 0 Å². The Morgan fingerprint density at radius 2 is 2.09 bits per heavy atom. The molecule has 5 rings (SSSR count). The Morgan fingerprint density at radius 1 is 1.31 bits per heavy atom. The van der Waals surface area contributed by atoms with Crippen molar-refractivity contribution in [3.63, 3.8) is 0 Å². The number of fused-ring (bicyclic) bond motifs is 1. The molecule has 1 saturated heterocycles. The van der Waals surface area contributed by atoms with E-state index in [4.69, 9.17) is 26.6 Å². The number of aromatic nitrogens is 4. The predicted molar refractivity (Wildman–Crippen MR) is 126 cm³/mol. The summed E-state index contributed by atoms with van der Waals surface area (Å²) in [6.07, 6.45) is 3.12. The first kappa shape index (κ1) is 22.8. The molecule has 2 atom stereocenters. The minimum Gasteiger partial charge on any atom is -0.380 e. The van der Waals surface area contributed by atoms with E-state index in [0.717, 1.165) is 5.69 Å². The Bertz CT molecular complexity index is 1420. The summed E-state index contributed by atoms with van der Waals surface area (Å²) in [5.74, 6) is -1.01. The normalized spacial score (nSPS) is 19.2. The highest BCUT2D eigenvalue weighted by molar-refractivity contribution is 6.36. The standard InChI is InChI=1S/C22H20ClN7O5/c1-22(18(31)20(32)26-12-10-14(23)17-15(11-12)35-28-19(17)24)21(33)29(8-9-34-22)16-4-7-30(27-16)13-2-5-25-6-3-13/h2-7,10-11,18,31H,8-9H2,1H3,(H2,24,28)(H,26,32)/t18-,22+/m0/s1. The first-order valence-electron chi connectivity index (χ1n) is 10.5. The maximum absolute atomic E-state index is 13.4. The van der Waals surface area contributed by atoms with Gasteiger partial charge in [0.25, 0.3) is 11.8 Å². The molecule has 4 N–H and O–H groups in total. The Balaban J connectivity index is 1.35. The van der Waals surface area contributed by atoms with Crippen LogP contribution in [-0.4, -0.2) is 61.7 Å². The molecule has 0 radical (unpaired) electrons. The van der Waals surface area contributed by atoms with E-state index in [1.165, 1.54) is 24.0 Å². The number of anilines is 3. The van der Waals surface area contributed by atoms with Gasteiger partial charge in [-0.25, -0.2) is 4.68 Å². The van der Waals surface area contributed by atoms with Gasteiger partial charge in [0.05, 0.1) is 29.2 Å². The molecule has 1 fully saturated rings. The number of nitrogens with two attached hydrogens (primary N) is 1. The number of aliphatic hydroxyl groups is 1. The Morgan fingerprint density at radius 3 is 2.86 bits per heavy atom. The number of amides is 2. The molecule has 1 aliphatic heterocycles. The van der Waals surface area contributed by atoms with Gasteiger partial charge in [0.2, 0.25) is 0 Å². The first-order valence-corrected chi connectivity index (χ1v) is 10.9. The Hall–Kier alpha value is -4.00. The number of rotatable bonds is 5. The molecule has 35 heavy (non-hydrogen) atoms. The number of pyridine rings is 1. The molecule has 0 saturated carbocycles. The van der Waals surface area contributed by atoms with Crippen molar-refractivity contribution in [3.8, 4) is 5.69 Å². The summed E-state index contributed by atoms with van der Waals surface area (Å²) in [7, 11) is 0. The van der Waals surface area contributed by atoms with Crippen LogP contribution in [0.1, 0.15) is 6.92 Å². The minimum absolute atomic E-state index is 0.0871. The zero-order chi connectivity index (χ0) is 24.7. The molecule has 3 aromatic heterocycles. The summed E-state index contributed by atoms with van der Waals surface area (Å²) in [6, 6.07) is 8.10. The van der Waals surface area contributed by atoms with Gasteiger partial charge in [-0.2, -0.15) is 0 Å². The van der Waals surface area contributed by atoms with Gasteiger partial charge in [0, 0.05) is 36.4 Å². The second-order valence-electron chi connectivity index (χ2n) is 8.03. The molecule has 4 aromatic rings. The number of nitrogens with zero attached hydrogens (tertiary/aromatic N) is 5. The first-order chi connectivity index (χ1) is 16.8. The van der Waals surface area contributed by atoms with Gasteiger partial charge < -0.3 is 25.4 Å². The van der Waals surface area contributed by atoms with Crippen molar-refractivity contribution in [1.82, 2.24) is 19.9 Å². The predicted octanol–water partition coefficient (Wildman–Crippen LogP) is 1.77. The van der Waals surface area contributed by atoms with Crippen molar-refractivity contribution < 1.29 is 24.0 Å². The molecule has 12 nitrogen and oxygen atoms in total. The van der Waals surface area contributed by atoms with Crippen molar-refractivity contribution in [2.24, 2.45) is 0 Å². The maximum Gasteiger partial charge on any atom is 0.263 e. The fourth-order valence-corrected chi connectivity index (χ4v) is 4.18. The highest BCUT2D eigenvalue weighted by Crippen LogP contribution is 2.33. The Labute approximate surface area is 203 Å². The second-order valence-corrected chi connectivity index (χ2v) is 8.43. The van der Waals surface area contributed by atoms with E-state index >= 15 is 0 Å². The van der Waals surface area contributed by atoms with E-state index in [-0.39, 0.29) is 35.3 Å². The quantitative estimate of drug-likeness (QED) is 0.373. The van der Waals surface area contributed by atoms with Crippen LogP contribution >= 0.6 is 11.6 Å². The lowest BCUT2D eigenvalue weighted by Gasteiger charge is -2.40. The largest absolute Gasteiger partial charge is 0.380 e. The third-order valence-corrected chi connectivity index (χ3v) is 6.05. The highest BCUT2D eigenvalue weighted by atomic mass is 35.5. The van der Waals surface area contributed by atoms with Crippen molar-refractivity contribution >= 4 is 51.7 Å². The van der Waals surface area contributed by atoms with Gasteiger partial charge in [-0.05, 0) is 25.1 Å². The zero-order valence-corrected chi connectivity index (χ0v) is 19.1. The SMILES string of the molecule is C[C@]1([C@@H](O)C(=O)Nc2cc(Cl)c3c(N)noc3c2)OCCN(c2ccn(-c3ccncc3)n2)C1=O. The molecule has 13 heteroatoms. The molecule has 180 valence electrons. The van der Waals surface area contributed by atoms with E-state index in [0.29, 0.717) is 11.2 Å². The molecule has 0 spiro atoms. The Kier molecular flexibility index (Phi) is 5.63. The number of hydrogen-bond donors (Lipinski definition) is 3. The highest BCUT2D eigenvalue weighted by Gasteiger charge is 2.51. The summed E-state index contributed by atoms with van der Waals surface area (Å²) < 4.78 is 12.3. The fourth-order valence-electron chi connectivity index (χ4n) is 3.87. The van der Waals surface area contributed by atoms with Crippen LogP contribution in [0.15, 0.2) is 53.4 Å². The topological polar surface area (TPSA) is 162 Å². The molecule has 1 aromatic carbocycles. The number of benzene rings is 1. The van der Waals surface area contributed by atoms with E-state index in [1.807, 2.05) is 0 Å². The number of carbonyl (C=O) groups excluding carboxylic acids is 2. The van der Waals surface area contributed by atoms with Gasteiger partial charge in [0.15, 0.2) is 28.9 Å². The molecule has 4 heterocycles. The average Bonchev–Trinajstić information content (AvgIpc) is 3.48. The third kappa shape index (κ3) is 3.97. The monoisotopic (exact) mass is 497 g/mol. The summed E-state index contributed by atoms with van der Waals surface area (Å²) in [4.78, 5) is 31.6. The van der Waals surface area contributed by atoms with Crippen LogP contribution in [0.25, 0.3) is 16.7 Å². The lowest BCUT2D eigenvalue weighted by Crippen LogP contribution is -2.63. The van der Waals surface area contributed by atoms with Crippen molar-refractivity contribution in [2.75, 3.05) is 29.1 Å². The summed E-state index contributed by atoms with van der Waals surface area (Å²) in [5.41, 5.74) is 5.11. The number of nitrogen functional groups attached to an aromatic ring is 1. The summed E-state index contributed by atoms with van der Waals surface area (Å²) in [5, 5.41) is 22.1. The van der Waals surface area contributed by atoms with Crippen molar-refractivity contribution in [2.45, 2.75) is 18.6 Å². The smallest absolute Gasteiger partial charge is 0.263 e. The molecular formula is C22H20ClN7O5. The maximum atomic E-state index is 13.4. The van der Waals surface area contributed by atoms with Crippen LogP contribution in [-0.2, 0) is 14.3 Å². The van der Waals surface area contributed by atoms with Gasteiger partial charge in [-0.1, -0.05) is 16.8 Å². The number of hydrogen-bond acceptors (Lipinski definition) is 9. The van der Waals surface area contributed by atoms with Gasteiger partial charge in [-0.15, -0.1) is 5.10 Å². The van der Waals surface area contributed by atoms with Gasteiger partial charge in [0.1, 0.15) is 0 Å². The van der Waals surface area contributed by atoms with Crippen LogP contribution in [0.2, 0.25) is 5.02 Å². The number of nitrogens with one attached hydrogen (secondary N) is 1. The second kappa shape index (κ2) is 8.65. The molecule has 0 bridgehead atoms. The zero-order valence-electron chi connectivity index (χ0n) is 18.4. The minimum atomic E-state index is -1.85. The van der Waals surface area contributed by atoms with Crippen molar-refractivity contribution in [1.29, 1.82) is 0 Å². The molecule has 0 unspecified atom stereocenters. The van der Waals surface area contributed by atoms with E-state index in [9.17, 15) is 14.7 Å². The lowest BCUT2D eigenvalue weighted by molar-refractivity contribution is -0.170. The average molecular weight is 498 g/mol. The molecule has 2 amide bonds. The van der Waals surface area contributed by atoms with Crippen LogP contribution in [0.5, 0.6) is 0 Å². The van der Waals surface area contributed by atoms with Crippen LogP contribution < -0.4 is 16.0 Å². The van der Waals surface area contributed by atoms with Crippen LogP contribution in [0, 0.1) is 0 Å². The number of aliphatic hydroxyl groups excluding tert-OH is 1. The van der Waals surface area contributed by atoms with E-state index in [1.54, 1.807) is 41.5 Å². The number of halogens is 1. The van der Waals surface area contributed by atoms with Crippen LogP contribution in [0.4, 0.5) is 17.3 Å².